The first-order valence-corrected chi connectivity index (χ1v) is 7.95. The van der Waals surface area contributed by atoms with Gasteiger partial charge in [0.05, 0.1) is 0 Å². The van der Waals surface area contributed by atoms with Crippen molar-refractivity contribution in [2.75, 3.05) is 13.1 Å². The van der Waals surface area contributed by atoms with Crippen LogP contribution in [0.3, 0.4) is 0 Å². The lowest BCUT2D eigenvalue weighted by molar-refractivity contribution is -0.130. The number of amides is 1. The third-order valence-electron chi connectivity index (χ3n) is 4.24. The molecule has 1 saturated heterocycles. The smallest absolute Gasteiger partial charge is 0.241 e. The number of aromatic nitrogens is 2. The van der Waals surface area contributed by atoms with Crippen molar-refractivity contribution in [2.45, 2.75) is 32.6 Å². The molecule has 5 heteroatoms. The van der Waals surface area contributed by atoms with Crippen LogP contribution in [0.15, 0.2) is 36.7 Å². The van der Waals surface area contributed by atoms with Gasteiger partial charge in [0, 0.05) is 38.3 Å². The Morgan fingerprint density at radius 3 is 2.83 bits per heavy atom. The molecule has 0 unspecified atom stereocenters. The van der Waals surface area contributed by atoms with Crippen molar-refractivity contribution >= 4 is 5.91 Å². The molecule has 1 aliphatic rings. The number of aryl methyl sites for hydroxylation is 1. The average molecular weight is 311 g/mol. The zero-order valence-electron chi connectivity index (χ0n) is 13.5. The maximum atomic E-state index is 11.7. The van der Waals surface area contributed by atoms with Crippen molar-refractivity contribution in [2.24, 2.45) is 0 Å². The summed E-state index contributed by atoms with van der Waals surface area (Å²) in [5.74, 6) is 1.60. The van der Waals surface area contributed by atoms with Crippen molar-refractivity contribution in [1.82, 2.24) is 14.9 Å². The van der Waals surface area contributed by atoms with Crippen LogP contribution in [-0.2, 0) is 4.79 Å². The molecule has 2 heterocycles. The summed E-state index contributed by atoms with van der Waals surface area (Å²) in [4.78, 5) is 22.4. The monoisotopic (exact) mass is 311 g/mol. The van der Waals surface area contributed by atoms with Gasteiger partial charge in [-0.25, -0.2) is 4.98 Å². The Bertz CT molecular complexity index is 702. The molecule has 0 bridgehead atoms. The molecule has 0 N–H and O–H groups in total. The summed E-state index contributed by atoms with van der Waals surface area (Å²) >= 11 is 0. The van der Waals surface area contributed by atoms with Gasteiger partial charge in [-0.15, -0.1) is 0 Å². The van der Waals surface area contributed by atoms with E-state index in [1.54, 1.807) is 19.3 Å². The lowest BCUT2D eigenvalue weighted by Crippen LogP contribution is -2.38. The van der Waals surface area contributed by atoms with E-state index in [1.165, 1.54) is 0 Å². The predicted octanol–water partition coefficient (Wildman–Crippen LogP) is 3.30. The molecule has 1 atom stereocenters. The molecule has 1 aliphatic heterocycles. The molecule has 1 aromatic carbocycles. The van der Waals surface area contributed by atoms with Crippen LogP contribution in [0, 0.1) is 6.92 Å². The lowest BCUT2D eigenvalue weighted by Gasteiger charge is -2.32. The summed E-state index contributed by atoms with van der Waals surface area (Å²) in [5.41, 5.74) is 1.89. The highest BCUT2D eigenvalue weighted by Crippen LogP contribution is 2.33. The fourth-order valence-electron chi connectivity index (χ4n) is 2.96. The maximum absolute atomic E-state index is 11.7. The predicted molar refractivity (Wildman–Crippen MR) is 87.5 cm³/mol. The number of rotatable bonds is 3. The molecule has 23 heavy (non-hydrogen) atoms. The summed E-state index contributed by atoms with van der Waals surface area (Å²) < 4.78 is 6.01. The van der Waals surface area contributed by atoms with Crippen LogP contribution in [0.1, 0.15) is 36.9 Å². The topological polar surface area (TPSA) is 55.3 Å². The molecule has 0 radical (unpaired) electrons. The average Bonchev–Trinajstić information content (AvgIpc) is 2.57. The number of nitrogens with zero attached hydrogens (tertiary/aromatic N) is 3. The largest absolute Gasteiger partial charge is 0.437 e. The summed E-state index contributed by atoms with van der Waals surface area (Å²) in [7, 11) is 0. The molecule has 120 valence electrons. The van der Waals surface area contributed by atoms with Gasteiger partial charge in [0.2, 0.25) is 11.8 Å². The zero-order chi connectivity index (χ0) is 16.2. The second kappa shape index (κ2) is 6.77. The van der Waals surface area contributed by atoms with E-state index in [0.29, 0.717) is 12.4 Å². The number of hydrogen-bond acceptors (Lipinski definition) is 4. The van der Waals surface area contributed by atoms with Gasteiger partial charge in [0.25, 0.3) is 0 Å². The van der Waals surface area contributed by atoms with Crippen LogP contribution < -0.4 is 4.74 Å². The van der Waals surface area contributed by atoms with E-state index in [2.05, 4.69) is 9.97 Å². The van der Waals surface area contributed by atoms with Gasteiger partial charge in [-0.05, 0) is 31.4 Å². The second-order valence-electron chi connectivity index (χ2n) is 5.92. The molecule has 2 aromatic rings. The molecular weight excluding hydrogens is 290 g/mol. The number of para-hydroxylation sites is 1. The van der Waals surface area contributed by atoms with Crippen molar-refractivity contribution in [3.8, 4) is 11.6 Å². The summed E-state index contributed by atoms with van der Waals surface area (Å²) in [6.07, 6.45) is 5.30. The van der Waals surface area contributed by atoms with Crippen LogP contribution >= 0.6 is 0 Å². The molecule has 5 nitrogen and oxygen atoms in total. The molecule has 0 aliphatic carbocycles. The summed E-state index contributed by atoms with van der Waals surface area (Å²) in [6, 6.07) is 7.85. The molecule has 1 aromatic heterocycles. The standard InChI is InChI=1S/C18H21N3O2/c1-13-6-3-4-8-16(13)23-18-17(19-9-10-20-18)15-7-5-11-21(12-15)14(2)22/h3-4,6,8-10,15H,5,7,11-12H2,1-2H3/t15-/m1/s1. The Labute approximate surface area is 136 Å². The number of likely N-dealkylation sites (tertiary alicyclic amines) is 1. The van der Waals surface area contributed by atoms with Gasteiger partial charge in [0.1, 0.15) is 11.4 Å². The van der Waals surface area contributed by atoms with Crippen molar-refractivity contribution in [3.63, 3.8) is 0 Å². The number of piperidine rings is 1. The first-order valence-electron chi connectivity index (χ1n) is 7.95. The molecule has 1 fully saturated rings. The third-order valence-corrected chi connectivity index (χ3v) is 4.24. The minimum absolute atomic E-state index is 0.111. The molecule has 3 rings (SSSR count). The van der Waals surface area contributed by atoms with Gasteiger partial charge in [0.15, 0.2) is 0 Å². The van der Waals surface area contributed by atoms with E-state index in [0.717, 1.165) is 36.4 Å². The molecule has 0 spiro atoms. The van der Waals surface area contributed by atoms with Crippen LogP contribution in [0.25, 0.3) is 0 Å². The van der Waals surface area contributed by atoms with Gasteiger partial charge < -0.3 is 9.64 Å². The van der Waals surface area contributed by atoms with E-state index in [4.69, 9.17) is 4.74 Å². The zero-order valence-corrected chi connectivity index (χ0v) is 13.5. The lowest BCUT2D eigenvalue weighted by atomic mass is 9.94. The summed E-state index contributed by atoms with van der Waals surface area (Å²) in [6.45, 7) is 5.12. The van der Waals surface area contributed by atoms with Crippen LogP contribution in [-0.4, -0.2) is 33.9 Å². The minimum atomic E-state index is 0.111. The number of ether oxygens (including phenoxy) is 1. The number of hydrogen-bond donors (Lipinski definition) is 0. The third kappa shape index (κ3) is 3.50. The Balaban J connectivity index is 1.86. The van der Waals surface area contributed by atoms with Crippen LogP contribution in [0.5, 0.6) is 11.6 Å². The van der Waals surface area contributed by atoms with Crippen LogP contribution in [0.4, 0.5) is 0 Å². The van der Waals surface area contributed by atoms with Crippen molar-refractivity contribution in [1.29, 1.82) is 0 Å². The van der Waals surface area contributed by atoms with E-state index in [9.17, 15) is 4.79 Å². The van der Waals surface area contributed by atoms with E-state index < -0.39 is 0 Å². The first-order chi connectivity index (χ1) is 11.1. The van der Waals surface area contributed by atoms with Gasteiger partial charge in [-0.2, -0.15) is 0 Å². The highest BCUT2D eigenvalue weighted by Gasteiger charge is 2.27. The van der Waals surface area contributed by atoms with E-state index >= 15 is 0 Å². The van der Waals surface area contributed by atoms with Crippen molar-refractivity contribution in [3.05, 3.63) is 47.9 Å². The first kappa shape index (κ1) is 15.5. The molecular formula is C18H21N3O2. The Hall–Kier alpha value is -2.43. The van der Waals surface area contributed by atoms with Gasteiger partial charge in [-0.1, -0.05) is 18.2 Å². The van der Waals surface area contributed by atoms with E-state index in [1.807, 2.05) is 36.1 Å². The minimum Gasteiger partial charge on any atom is -0.437 e. The molecule has 1 amide bonds. The molecule has 0 saturated carbocycles. The van der Waals surface area contributed by atoms with Gasteiger partial charge in [-0.3, -0.25) is 9.78 Å². The number of benzene rings is 1. The fraction of sp³-hybridized carbons (Fsp3) is 0.389. The maximum Gasteiger partial charge on any atom is 0.241 e. The summed E-state index contributed by atoms with van der Waals surface area (Å²) in [5, 5.41) is 0. The fourth-order valence-corrected chi connectivity index (χ4v) is 2.96. The Morgan fingerprint density at radius 1 is 1.26 bits per heavy atom. The quantitative estimate of drug-likeness (QED) is 0.872. The van der Waals surface area contributed by atoms with Crippen LogP contribution in [0.2, 0.25) is 0 Å². The SMILES string of the molecule is CC(=O)N1CCC[C@@H](c2nccnc2Oc2ccccc2C)C1. The normalized spacial score (nSPS) is 17.8. The Kier molecular flexibility index (Phi) is 4.55. The van der Waals surface area contributed by atoms with Gasteiger partial charge >= 0.3 is 0 Å². The number of carbonyl (C=O) groups is 1. The highest BCUT2D eigenvalue weighted by atomic mass is 16.5. The second-order valence-corrected chi connectivity index (χ2v) is 5.92. The van der Waals surface area contributed by atoms with E-state index in [-0.39, 0.29) is 11.8 Å². The van der Waals surface area contributed by atoms with Crippen molar-refractivity contribution < 1.29 is 9.53 Å². The number of carbonyl (C=O) groups excluding carboxylic acids is 1. The highest BCUT2D eigenvalue weighted by molar-refractivity contribution is 5.73. The Morgan fingerprint density at radius 2 is 2.04 bits per heavy atom.